The highest BCUT2D eigenvalue weighted by Crippen LogP contribution is 2.35. The molecular formula is C21H31N3O3. The average molecular weight is 373 g/mol. The van der Waals surface area contributed by atoms with Crippen molar-refractivity contribution in [2.75, 3.05) is 39.2 Å². The number of nitrogens with zero attached hydrogens (tertiary/aromatic N) is 2. The molecular weight excluding hydrogens is 342 g/mol. The molecule has 0 aromatic heterocycles. The van der Waals surface area contributed by atoms with Crippen LogP contribution in [0, 0.1) is 5.92 Å². The first-order chi connectivity index (χ1) is 13.0. The van der Waals surface area contributed by atoms with Crippen LogP contribution in [-0.2, 0) is 9.53 Å². The second-order valence-electron chi connectivity index (χ2n) is 7.96. The van der Waals surface area contributed by atoms with E-state index in [0.29, 0.717) is 24.6 Å². The molecule has 1 N–H and O–H groups in total. The van der Waals surface area contributed by atoms with E-state index in [1.54, 1.807) is 0 Å². The van der Waals surface area contributed by atoms with Crippen molar-refractivity contribution < 1.29 is 14.3 Å². The predicted octanol–water partition coefficient (Wildman–Crippen LogP) is 2.29. The van der Waals surface area contributed by atoms with Gasteiger partial charge < -0.3 is 15.0 Å². The fraction of sp³-hybridized carbons (Fsp3) is 0.619. The number of carbonyl (C=O) groups is 2. The summed E-state index contributed by atoms with van der Waals surface area (Å²) in [6.45, 7) is 1.65. The summed E-state index contributed by atoms with van der Waals surface area (Å²) in [5, 5.41) is 3.10. The molecule has 0 unspecified atom stereocenters. The van der Waals surface area contributed by atoms with Crippen LogP contribution < -0.4 is 10.2 Å². The molecule has 1 aliphatic heterocycles. The maximum Gasteiger partial charge on any atom is 0.307 e. The van der Waals surface area contributed by atoms with Gasteiger partial charge >= 0.3 is 5.97 Å². The monoisotopic (exact) mass is 373 g/mol. The van der Waals surface area contributed by atoms with E-state index in [9.17, 15) is 9.59 Å². The van der Waals surface area contributed by atoms with Gasteiger partial charge in [0.05, 0.1) is 13.5 Å². The Bertz CT molecular complexity index is 672. The first-order valence-corrected chi connectivity index (χ1v) is 9.86. The Hall–Kier alpha value is -2.08. The molecule has 0 bridgehead atoms. The van der Waals surface area contributed by atoms with Crippen molar-refractivity contribution in [3.05, 3.63) is 29.8 Å². The molecule has 2 aliphatic rings. The van der Waals surface area contributed by atoms with Crippen LogP contribution in [-0.4, -0.2) is 63.2 Å². The minimum Gasteiger partial charge on any atom is -0.469 e. The Morgan fingerprint density at radius 1 is 1.19 bits per heavy atom. The van der Waals surface area contributed by atoms with E-state index in [-0.39, 0.29) is 17.9 Å². The summed E-state index contributed by atoms with van der Waals surface area (Å²) in [5.41, 5.74) is 1.69. The molecule has 1 saturated heterocycles. The zero-order valence-corrected chi connectivity index (χ0v) is 16.6. The fourth-order valence-electron chi connectivity index (χ4n) is 3.86. The van der Waals surface area contributed by atoms with E-state index in [1.807, 2.05) is 43.3 Å². The number of anilines is 1. The maximum absolute atomic E-state index is 12.6. The third kappa shape index (κ3) is 5.22. The molecule has 6 nitrogen and oxygen atoms in total. The minimum absolute atomic E-state index is 0.0403. The van der Waals surface area contributed by atoms with E-state index in [4.69, 9.17) is 4.74 Å². The largest absolute Gasteiger partial charge is 0.469 e. The van der Waals surface area contributed by atoms with Gasteiger partial charge in [-0.15, -0.1) is 0 Å². The van der Waals surface area contributed by atoms with Gasteiger partial charge in [-0.3, -0.25) is 14.5 Å². The highest BCUT2D eigenvalue weighted by Gasteiger charge is 2.38. The van der Waals surface area contributed by atoms with Crippen molar-refractivity contribution in [3.63, 3.8) is 0 Å². The molecule has 1 saturated carbocycles. The average Bonchev–Trinajstić information content (AvgIpc) is 3.42. The first-order valence-electron chi connectivity index (χ1n) is 9.86. The Balaban J connectivity index is 1.59. The minimum atomic E-state index is -0.147. The summed E-state index contributed by atoms with van der Waals surface area (Å²) in [6, 6.07) is 8.18. The van der Waals surface area contributed by atoms with Crippen LogP contribution in [0.3, 0.4) is 0 Å². The summed E-state index contributed by atoms with van der Waals surface area (Å²) in [6.07, 6.45) is 4.99. The first kappa shape index (κ1) is 19.7. The number of nitrogens with one attached hydrogen (secondary N) is 1. The SMILES string of the molecule is COC(=O)C[C@H]1CC[C@@H](CNC(=O)c2cccc(N(C)C)c2)N1CC1CC1. The summed E-state index contributed by atoms with van der Waals surface area (Å²) < 4.78 is 4.86. The van der Waals surface area contributed by atoms with Crippen molar-refractivity contribution in [2.45, 2.75) is 44.2 Å². The number of hydrogen-bond donors (Lipinski definition) is 1. The number of likely N-dealkylation sites (tertiary alicyclic amines) is 1. The Morgan fingerprint density at radius 2 is 1.93 bits per heavy atom. The topological polar surface area (TPSA) is 61.9 Å². The lowest BCUT2D eigenvalue weighted by Crippen LogP contribution is -2.44. The highest BCUT2D eigenvalue weighted by molar-refractivity contribution is 5.95. The van der Waals surface area contributed by atoms with Crippen molar-refractivity contribution in [2.24, 2.45) is 5.92 Å². The third-order valence-electron chi connectivity index (χ3n) is 5.69. The van der Waals surface area contributed by atoms with Crippen LogP contribution in [0.2, 0.25) is 0 Å². The number of rotatable bonds is 8. The second kappa shape index (κ2) is 8.74. The Morgan fingerprint density at radius 3 is 2.59 bits per heavy atom. The summed E-state index contributed by atoms with van der Waals surface area (Å²) in [4.78, 5) is 28.8. The van der Waals surface area contributed by atoms with Crippen molar-refractivity contribution in [1.82, 2.24) is 10.2 Å². The molecule has 2 atom stereocenters. The molecule has 1 aliphatic carbocycles. The summed E-state index contributed by atoms with van der Waals surface area (Å²) in [7, 11) is 5.38. The number of benzene rings is 1. The molecule has 3 rings (SSSR count). The number of esters is 1. The number of amides is 1. The van der Waals surface area contributed by atoms with Crippen LogP contribution in [0.1, 0.15) is 42.5 Å². The molecule has 2 fully saturated rings. The zero-order chi connectivity index (χ0) is 19.4. The molecule has 1 aromatic rings. The van der Waals surface area contributed by atoms with E-state index >= 15 is 0 Å². The Labute approximate surface area is 161 Å². The van der Waals surface area contributed by atoms with Gasteiger partial charge in [0.25, 0.3) is 5.91 Å². The molecule has 0 spiro atoms. The lowest BCUT2D eigenvalue weighted by molar-refractivity contribution is -0.141. The number of ether oxygens (including phenoxy) is 1. The van der Waals surface area contributed by atoms with Gasteiger partial charge in [0.2, 0.25) is 0 Å². The number of carbonyl (C=O) groups excluding carboxylic acids is 2. The van der Waals surface area contributed by atoms with Crippen LogP contribution >= 0.6 is 0 Å². The van der Waals surface area contributed by atoms with Crippen molar-refractivity contribution in [3.8, 4) is 0 Å². The van der Waals surface area contributed by atoms with Gasteiger partial charge in [0.1, 0.15) is 0 Å². The van der Waals surface area contributed by atoms with Crippen LogP contribution in [0.15, 0.2) is 24.3 Å². The lowest BCUT2D eigenvalue weighted by Gasteiger charge is -2.30. The lowest BCUT2D eigenvalue weighted by atomic mass is 10.1. The van der Waals surface area contributed by atoms with Crippen LogP contribution in [0.5, 0.6) is 0 Å². The van der Waals surface area contributed by atoms with E-state index in [0.717, 1.165) is 31.0 Å². The van der Waals surface area contributed by atoms with E-state index in [1.165, 1.54) is 20.0 Å². The quantitative estimate of drug-likeness (QED) is 0.709. The van der Waals surface area contributed by atoms with Gasteiger partial charge in [-0.2, -0.15) is 0 Å². The molecule has 0 radical (unpaired) electrons. The normalized spacial score (nSPS) is 22.5. The number of methoxy groups -OCH3 is 1. The molecule has 1 aromatic carbocycles. The number of hydrogen-bond acceptors (Lipinski definition) is 5. The second-order valence-corrected chi connectivity index (χ2v) is 7.96. The van der Waals surface area contributed by atoms with Gasteiger partial charge in [0.15, 0.2) is 0 Å². The molecule has 27 heavy (non-hydrogen) atoms. The van der Waals surface area contributed by atoms with Gasteiger partial charge in [0, 0.05) is 50.5 Å². The fourth-order valence-corrected chi connectivity index (χ4v) is 3.86. The molecule has 6 heteroatoms. The zero-order valence-electron chi connectivity index (χ0n) is 16.6. The highest BCUT2D eigenvalue weighted by atomic mass is 16.5. The van der Waals surface area contributed by atoms with Crippen molar-refractivity contribution >= 4 is 17.6 Å². The third-order valence-corrected chi connectivity index (χ3v) is 5.69. The maximum atomic E-state index is 12.6. The van der Waals surface area contributed by atoms with Crippen molar-refractivity contribution in [1.29, 1.82) is 0 Å². The van der Waals surface area contributed by atoms with Gasteiger partial charge in [-0.1, -0.05) is 6.07 Å². The van der Waals surface area contributed by atoms with Crippen LogP contribution in [0.4, 0.5) is 5.69 Å². The Kier molecular flexibility index (Phi) is 6.37. The van der Waals surface area contributed by atoms with Crippen LogP contribution in [0.25, 0.3) is 0 Å². The van der Waals surface area contributed by atoms with Gasteiger partial charge in [-0.05, 0) is 49.8 Å². The van der Waals surface area contributed by atoms with E-state index < -0.39 is 0 Å². The predicted molar refractivity (Wildman–Crippen MR) is 106 cm³/mol. The van der Waals surface area contributed by atoms with E-state index in [2.05, 4.69) is 10.2 Å². The standard InChI is InChI=1S/C21H31N3O3/c1-23(2)17-6-4-5-16(11-17)21(26)22-13-19-10-9-18(12-20(25)27-3)24(19)14-15-7-8-15/h4-6,11,15,18-19H,7-10,12-14H2,1-3H3,(H,22,26)/t18-,19+/m1/s1. The molecule has 1 amide bonds. The summed E-state index contributed by atoms with van der Waals surface area (Å²) in [5.74, 6) is 0.561. The molecule has 1 heterocycles. The van der Waals surface area contributed by atoms with Gasteiger partial charge in [-0.25, -0.2) is 0 Å². The summed E-state index contributed by atoms with van der Waals surface area (Å²) >= 11 is 0. The smallest absolute Gasteiger partial charge is 0.307 e. The molecule has 148 valence electrons.